The highest BCUT2D eigenvalue weighted by Crippen LogP contribution is 2.28. The molecule has 4 heteroatoms. The maximum atomic E-state index is 13.5. The summed E-state index contributed by atoms with van der Waals surface area (Å²) in [6.45, 7) is 6.85. The lowest BCUT2D eigenvalue weighted by molar-refractivity contribution is 0.0204. The van der Waals surface area contributed by atoms with E-state index >= 15 is 0 Å². The van der Waals surface area contributed by atoms with Crippen molar-refractivity contribution in [1.29, 1.82) is 0 Å². The number of aliphatic hydroxyl groups is 1. The molecular weight excluding hydrogens is 372 g/mol. The molecule has 0 spiro atoms. The van der Waals surface area contributed by atoms with Crippen molar-refractivity contribution < 1.29 is 9.90 Å². The van der Waals surface area contributed by atoms with Crippen molar-refractivity contribution in [3.05, 3.63) is 70.8 Å². The smallest absolute Gasteiger partial charge is 0.254 e. The molecule has 4 nitrogen and oxygen atoms in total. The molecule has 2 saturated heterocycles. The molecule has 1 amide bonds. The Morgan fingerprint density at radius 1 is 0.967 bits per heavy atom. The molecule has 0 aliphatic carbocycles. The molecule has 2 fully saturated rings. The molecule has 0 saturated carbocycles. The fraction of sp³-hybridized carbons (Fsp3) is 0.500. The largest absolute Gasteiger partial charge is 0.393 e. The minimum absolute atomic E-state index is 0.146. The Balaban J connectivity index is 1.54. The van der Waals surface area contributed by atoms with Crippen LogP contribution in [0, 0.1) is 13.8 Å². The highest BCUT2D eigenvalue weighted by Gasteiger charge is 2.35. The van der Waals surface area contributed by atoms with E-state index in [1.807, 2.05) is 18.2 Å². The average Bonchev–Trinajstić information content (AvgIpc) is 2.74. The predicted molar refractivity (Wildman–Crippen MR) is 121 cm³/mol. The molecule has 2 aromatic rings. The van der Waals surface area contributed by atoms with Crippen molar-refractivity contribution in [3.8, 4) is 0 Å². The standard InChI is InChI=1S/C26H34N2O2/c1-19-14-20(2)16-22(15-19)26(30)28-13-8-23(27-11-9-25(29)10-12-27)18-24(28)17-21-6-4-3-5-7-21/h3-7,14-16,23-25,29H,8-13,17-18H2,1-2H3/t23-,24+/m0/s1. The van der Waals surface area contributed by atoms with E-state index in [1.54, 1.807) is 0 Å². The van der Waals surface area contributed by atoms with Gasteiger partial charge in [-0.05, 0) is 63.6 Å². The minimum Gasteiger partial charge on any atom is -0.393 e. The van der Waals surface area contributed by atoms with Crippen LogP contribution in [0.25, 0.3) is 0 Å². The van der Waals surface area contributed by atoms with Crippen LogP contribution in [0.3, 0.4) is 0 Å². The molecule has 30 heavy (non-hydrogen) atoms. The quantitative estimate of drug-likeness (QED) is 0.835. The van der Waals surface area contributed by atoms with Gasteiger partial charge in [0.05, 0.1) is 6.10 Å². The van der Waals surface area contributed by atoms with E-state index in [9.17, 15) is 9.90 Å². The predicted octanol–water partition coefficient (Wildman–Crippen LogP) is 3.98. The molecule has 4 rings (SSSR count). The Morgan fingerprint density at radius 3 is 2.30 bits per heavy atom. The second-order valence-electron chi connectivity index (χ2n) is 9.16. The molecule has 2 heterocycles. The van der Waals surface area contributed by atoms with Crippen LogP contribution in [0.5, 0.6) is 0 Å². The van der Waals surface area contributed by atoms with Gasteiger partial charge >= 0.3 is 0 Å². The summed E-state index contributed by atoms with van der Waals surface area (Å²) in [7, 11) is 0. The van der Waals surface area contributed by atoms with Gasteiger partial charge in [-0.15, -0.1) is 0 Å². The Bertz CT molecular complexity index is 838. The second-order valence-corrected chi connectivity index (χ2v) is 9.16. The number of likely N-dealkylation sites (tertiary alicyclic amines) is 2. The topological polar surface area (TPSA) is 43.8 Å². The van der Waals surface area contributed by atoms with Crippen LogP contribution in [-0.2, 0) is 6.42 Å². The van der Waals surface area contributed by atoms with Crippen LogP contribution in [0.15, 0.2) is 48.5 Å². The van der Waals surface area contributed by atoms with E-state index in [4.69, 9.17) is 0 Å². The SMILES string of the molecule is Cc1cc(C)cc(C(=O)N2CC[C@H](N3CCC(O)CC3)C[C@H]2Cc2ccccc2)c1. The number of carbonyl (C=O) groups is 1. The fourth-order valence-corrected chi connectivity index (χ4v) is 5.22. The van der Waals surface area contributed by atoms with Crippen molar-refractivity contribution in [3.63, 3.8) is 0 Å². The van der Waals surface area contributed by atoms with Crippen molar-refractivity contribution in [1.82, 2.24) is 9.80 Å². The van der Waals surface area contributed by atoms with Crippen molar-refractivity contribution >= 4 is 5.91 Å². The summed E-state index contributed by atoms with van der Waals surface area (Å²) in [5, 5.41) is 9.88. The monoisotopic (exact) mass is 406 g/mol. The molecule has 0 bridgehead atoms. The van der Waals surface area contributed by atoms with Crippen LogP contribution < -0.4 is 0 Å². The molecule has 2 atom stereocenters. The summed E-state index contributed by atoms with van der Waals surface area (Å²) in [5.74, 6) is 0.162. The maximum Gasteiger partial charge on any atom is 0.254 e. The number of nitrogens with zero attached hydrogens (tertiary/aromatic N) is 2. The first-order valence-electron chi connectivity index (χ1n) is 11.3. The van der Waals surface area contributed by atoms with E-state index < -0.39 is 0 Å². The molecule has 0 unspecified atom stereocenters. The average molecular weight is 407 g/mol. The van der Waals surface area contributed by atoms with E-state index in [-0.39, 0.29) is 18.1 Å². The normalized spacial score (nSPS) is 23.5. The summed E-state index contributed by atoms with van der Waals surface area (Å²) < 4.78 is 0. The van der Waals surface area contributed by atoms with Crippen LogP contribution in [0.4, 0.5) is 0 Å². The van der Waals surface area contributed by atoms with Gasteiger partial charge in [-0.3, -0.25) is 4.79 Å². The van der Waals surface area contributed by atoms with Crippen molar-refractivity contribution in [2.24, 2.45) is 0 Å². The first kappa shape index (κ1) is 21.1. The summed E-state index contributed by atoms with van der Waals surface area (Å²) in [6, 6.07) is 17.4. The summed E-state index contributed by atoms with van der Waals surface area (Å²) in [5.41, 5.74) is 4.37. The number of hydrogen-bond donors (Lipinski definition) is 1. The molecule has 160 valence electrons. The number of rotatable bonds is 4. The maximum absolute atomic E-state index is 13.5. The number of benzene rings is 2. The van der Waals surface area contributed by atoms with Gasteiger partial charge in [0.2, 0.25) is 0 Å². The fourth-order valence-electron chi connectivity index (χ4n) is 5.22. The lowest BCUT2D eigenvalue weighted by atomic mass is 9.89. The van der Waals surface area contributed by atoms with Gasteiger partial charge in [-0.1, -0.05) is 47.5 Å². The molecule has 2 aliphatic rings. The van der Waals surface area contributed by atoms with Crippen LogP contribution in [0.2, 0.25) is 0 Å². The third kappa shape index (κ3) is 4.93. The number of amides is 1. The molecule has 2 aliphatic heterocycles. The summed E-state index contributed by atoms with van der Waals surface area (Å²) >= 11 is 0. The zero-order valence-electron chi connectivity index (χ0n) is 18.3. The molecule has 1 N–H and O–H groups in total. The van der Waals surface area contributed by atoms with Gasteiger partial charge in [-0.2, -0.15) is 0 Å². The van der Waals surface area contributed by atoms with Crippen molar-refractivity contribution in [2.75, 3.05) is 19.6 Å². The van der Waals surface area contributed by atoms with Gasteiger partial charge in [-0.25, -0.2) is 0 Å². The lowest BCUT2D eigenvalue weighted by Crippen LogP contribution is -2.54. The lowest BCUT2D eigenvalue weighted by Gasteiger charge is -2.45. The molecule has 2 aromatic carbocycles. The highest BCUT2D eigenvalue weighted by molar-refractivity contribution is 5.95. The Kier molecular flexibility index (Phi) is 6.55. The highest BCUT2D eigenvalue weighted by atomic mass is 16.3. The zero-order chi connectivity index (χ0) is 21.1. The van der Waals surface area contributed by atoms with Gasteiger partial charge in [0.1, 0.15) is 0 Å². The van der Waals surface area contributed by atoms with Crippen LogP contribution in [0.1, 0.15) is 52.7 Å². The van der Waals surface area contributed by atoms with Gasteiger partial charge < -0.3 is 14.9 Å². The number of piperidine rings is 2. The summed E-state index contributed by atoms with van der Waals surface area (Å²) in [4.78, 5) is 18.2. The van der Waals surface area contributed by atoms with Gasteiger partial charge in [0, 0.05) is 37.3 Å². The van der Waals surface area contributed by atoms with Crippen LogP contribution in [-0.4, -0.2) is 58.6 Å². The van der Waals surface area contributed by atoms with Crippen LogP contribution >= 0.6 is 0 Å². The number of aliphatic hydroxyl groups excluding tert-OH is 1. The molecule has 0 radical (unpaired) electrons. The Morgan fingerprint density at radius 2 is 1.63 bits per heavy atom. The van der Waals surface area contributed by atoms with E-state index in [0.717, 1.165) is 68.4 Å². The van der Waals surface area contributed by atoms with E-state index in [2.05, 4.69) is 54.0 Å². The van der Waals surface area contributed by atoms with E-state index in [0.29, 0.717) is 6.04 Å². The Hall–Kier alpha value is -2.17. The molecular formula is C26H34N2O2. The summed E-state index contributed by atoms with van der Waals surface area (Å²) in [6.07, 6.45) is 4.49. The van der Waals surface area contributed by atoms with Gasteiger partial charge in [0.15, 0.2) is 0 Å². The number of hydrogen-bond acceptors (Lipinski definition) is 3. The first-order valence-corrected chi connectivity index (χ1v) is 11.3. The minimum atomic E-state index is -0.146. The third-order valence-corrected chi connectivity index (χ3v) is 6.75. The van der Waals surface area contributed by atoms with Gasteiger partial charge in [0.25, 0.3) is 5.91 Å². The third-order valence-electron chi connectivity index (χ3n) is 6.75. The van der Waals surface area contributed by atoms with E-state index in [1.165, 1.54) is 5.56 Å². The molecule has 0 aromatic heterocycles. The zero-order valence-corrected chi connectivity index (χ0v) is 18.3. The number of aryl methyl sites for hydroxylation is 2. The first-order chi connectivity index (χ1) is 14.5. The second kappa shape index (κ2) is 9.32. The van der Waals surface area contributed by atoms with Crippen molar-refractivity contribution in [2.45, 2.75) is 64.1 Å². The Labute approximate surface area is 180 Å². The number of carbonyl (C=O) groups excluding carboxylic acids is 1.